The highest BCUT2D eigenvalue weighted by Gasteiger charge is 2.60. The first kappa shape index (κ1) is 20.2. The number of rotatable bonds is 5. The Hall–Kier alpha value is -2.59. The highest BCUT2D eigenvalue weighted by molar-refractivity contribution is 5.96. The molecule has 152 valence electrons. The molecule has 0 bridgehead atoms. The number of aromatic amines is 1. The fourth-order valence-corrected chi connectivity index (χ4v) is 4.39. The monoisotopic (exact) mass is 391 g/mol. The van der Waals surface area contributed by atoms with Gasteiger partial charge in [0, 0.05) is 37.6 Å². The van der Waals surface area contributed by atoms with Gasteiger partial charge >= 0.3 is 11.8 Å². The van der Waals surface area contributed by atoms with Crippen molar-refractivity contribution in [3.63, 3.8) is 0 Å². The third kappa shape index (κ3) is 3.45. The van der Waals surface area contributed by atoms with E-state index in [2.05, 4.69) is 15.3 Å². The summed E-state index contributed by atoms with van der Waals surface area (Å²) in [6, 6.07) is -2.83. The van der Waals surface area contributed by atoms with Crippen LogP contribution in [0.4, 0.5) is 0 Å². The minimum Gasteiger partial charge on any atom is -0.364 e. The van der Waals surface area contributed by atoms with Gasteiger partial charge < -0.3 is 21.8 Å². The van der Waals surface area contributed by atoms with Crippen LogP contribution in [0.25, 0.3) is 0 Å². The van der Waals surface area contributed by atoms with Crippen molar-refractivity contribution >= 4 is 23.6 Å². The quantitative estimate of drug-likeness (QED) is 0.457. The summed E-state index contributed by atoms with van der Waals surface area (Å²) in [6.45, 7) is 2.00. The minimum absolute atomic E-state index is 0.147. The zero-order valence-corrected chi connectivity index (χ0v) is 15.9. The molecule has 0 spiro atoms. The van der Waals surface area contributed by atoms with Crippen molar-refractivity contribution in [2.75, 3.05) is 6.54 Å². The SMILES string of the molecule is CC1CCC(=O)NC1C(=O)[N+]1(C(=O)[C@@H](N)Cc2cnc[nH]2)CCC[C@H]1C(N)=O. The molecule has 3 heterocycles. The predicted octanol–water partition coefficient (Wildman–Crippen LogP) is -1.29. The van der Waals surface area contributed by atoms with Gasteiger partial charge in [-0.2, -0.15) is 4.48 Å². The van der Waals surface area contributed by atoms with Crippen LogP contribution in [-0.4, -0.2) is 62.7 Å². The average molecular weight is 391 g/mol. The number of H-pyrrole nitrogens is 1. The summed E-state index contributed by atoms with van der Waals surface area (Å²) in [5, 5.41) is 2.70. The van der Waals surface area contributed by atoms with Gasteiger partial charge in [0.05, 0.1) is 12.9 Å². The standard InChI is InChI=1S/C18H26N6O4/c1-10-4-5-14(25)23-15(10)18(28)24(6-2-3-13(24)16(20)26)17(27)12(19)7-11-8-21-9-22-11/h8-10,12-13,15H,2-7,19H2,1H3,(H3-,20,21,22,23,25,26)/p+1/t10?,12-,13-,15?,24?/m0/s1. The number of nitrogens with two attached hydrogens (primary N) is 2. The second-order valence-corrected chi connectivity index (χ2v) is 7.78. The Balaban J connectivity index is 1.95. The summed E-state index contributed by atoms with van der Waals surface area (Å²) in [5.41, 5.74) is 12.4. The van der Waals surface area contributed by atoms with Crippen molar-refractivity contribution in [1.82, 2.24) is 15.3 Å². The molecule has 0 saturated carbocycles. The third-order valence-corrected chi connectivity index (χ3v) is 5.93. The maximum atomic E-state index is 13.6. The van der Waals surface area contributed by atoms with Gasteiger partial charge in [0.2, 0.25) is 5.91 Å². The van der Waals surface area contributed by atoms with Gasteiger partial charge in [-0.25, -0.2) is 14.6 Å². The number of imidazole rings is 1. The van der Waals surface area contributed by atoms with E-state index < -0.39 is 40.3 Å². The molecule has 0 aliphatic carbocycles. The predicted molar refractivity (Wildman–Crippen MR) is 98.0 cm³/mol. The zero-order valence-electron chi connectivity index (χ0n) is 15.9. The lowest BCUT2D eigenvalue weighted by Gasteiger charge is -2.39. The molecule has 10 nitrogen and oxygen atoms in total. The summed E-state index contributed by atoms with van der Waals surface area (Å²) in [5.74, 6) is -2.13. The van der Waals surface area contributed by atoms with E-state index in [1.165, 1.54) is 6.33 Å². The largest absolute Gasteiger partial charge is 0.364 e. The van der Waals surface area contributed by atoms with Crippen LogP contribution in [0.5, 0.6) is 0 Å². The molecule has 2 aliphatic rings. The number of nitrogens with zero attached hydrogens (tertiary/aromatic N) is 2. The van der Waals surface area contributed by atoms with Gasteiger partial charge in [0.15, 0.2) is 6.04 Å². The molecule has 1 aromatic rings. The van der Waals surface area contributed by atoms with Gasteiger partial charge in [0.1, 0.15) is 12.1 Å². The summed E-state index contributed by atoms with van der Waals surface area (Å²) in [6.07, 6.45) is 4.89. The molecule has 5 atom stereocenters. The Kier molecular flexibility index (Phi) is 5.61. The van der Waals surface area contributed by atoms with E-state index in [0.29, 0.717) is 31.4 Å². The van der Waals surface area contributed by atoms with E-state index >= 15 is 0 Å². The summed E-state index contributed by atoms with van der Waals surface area (Å²) in [7, 11) is 0. The van der Waals surface area contributed by atoms with Crippen LogP contribution in [0.3, 0.4) is 0 Å². The summed E-state index contributed by atoms with van der Waals surface area (Å²) < 4.78 is -0.722. The van der Waals surface area contributed by atoms with E-state index in [4.69, 9.17) is 11.5 Å². The molecule has 3 unspecified atom stereocenters. The lowest BCUT2D eigenvalue weighted by Crippen LogP contribution is -2.72. The van der Waals surface area contributed by atoms with Crippen LogP contribution in [0.1, 0.15) is 38.3 Å². The molecular formula is C18H27N6O4+. The highest BCUT2D eigenvalue weighted by Crippen LogP contribution is 2.33. The maximum absolute atomic E-state index is 13.6. The zero-order chi connectivity index (χ0) is 20.5. The number of nitrogens with one attached hydrogen (secondary N) is 2. The molecule has 0 aromatic carbocycles. The van der Waals surface area contributed by atoms with Crippen molar-refractivity contribution in [1.29, 1.82) is 0 Å². The fraction of sp³-hybridized carbons (Fsp3) is 0.611. The Morgan fingerprint density at radius 1 is 1.36 bits per heavy atom. The van der Waals surface area contributed by atoms with Crippen molar-refractivity contribution in [2.24, 2.45) is 17.4 Å². The van der Waals surface area contributed by atoms with Crippen molar-refractivity contribution in [3.8, 4) is 0 Å². The number of amides is 4. The number of primary amides is 1. The molecule has 2 fully saturated rings. The molecule has 2 aliphatic heterocycles. The number of likely N-dealkylation sites (tertiary alicyclic amines) is 1. The number of carbonyl (C=O) groups excluding carboxylic acids is 4. The number of hydrogen-bond donors (Lipinski definition) is 4. The number of carbonyl (C=O) groups is 4. The Morgan fingerprint density at radius 2 is 2.11 bits per heavy atom. The van der Waals surface area contributed by atoms with Crippen LogP contribution in [0.15, 0.2) is 12.5 Å². The van der Waals surface area contributed by atoms with Gasteiger partial charge in [-0.05, 0) is 12.3 Å². The third-order valence-electron chi connectivity index (χ3n) is 5.93. The Bertz CT molecular complexity index is 779. The lowest BCUT2D eigenvalue weighted by molar-refractivity contribution is -0.783. The second kappa shape index (κ2) is 7.80. The molecular weight excluding hydrogens is 364 g/mol. The molecule has 6 N–H and O–H groups in total. The van der Waals surface area contributed by atoms with Gasteiger partial charge in [-0.3, -0.25) is 9.59 Å². The summed E-state index contributed by atoms with van der Waals surface area (Å²) in [4.78, 5) is 57.9. The normalized spacial score (nSPS) is 31.2. The Labute approximate surface area is 162 Å². The number of imide groups is 1. The van der Waals surface area contributed by atoms with Crippen molar-refractivity contribution in [3.05, 3.63) is 18.2 Å². The molecule has 3 rings (SSSR count). The number of aromatic nitrogens is 2. The van der Waals surface area contributed by atoms with Crippen molar-refractivity contribution < 1.29 is 23.7 Å². The average Bonchev–Trinajstić information content (AvgIpc) is 3.32. The maximum Gasteiger partial charge on any atom is 0.344 e. The fourth-order valence-electron chi connectivity index (χ4n) is 4.39. The first-order valence-corrected chi connectivity index (χ1v) is 9.55. The van der Waals surface area contributed by atoms with Crippen LogP contribution in [-0.2, 0) is 25.6 Å². The van der Waals surface area contributed by atoms with Crippen LogP contribution in [0, 0.1) is 5.92 Å². The smallest absolute Gasteiger partial charge is 0.344 e. The first-order chi connectivity index (χ1) is 13.3. The molecule has 28 heavy (non-hydrogen) atoms. The van der Waals surface area contributed by atoms with E-state index in [1.54, 1.807) is 6.20 Å². The molecule has 1 aromatic heterocycles. The Morgan fingerprint density at radius 3 is 2.75 bits per heavy atom. The van der Waals surface area contributed by atoms with E-state index in [9.17, 15) is 19.2 Å². The number of piperidine rings is 1. The van der Waals surface area contributed by atoms with E-state index in [0.717, 1.165) is 0 Å². The van der Waals surface area contributed by atoms with Crippen LogP contribution in [0.2, 0.25) is 0 Å². The molecule has 0 radical (unpaired) electrons. The first-order valence-electron chi connectivity index (χ1n) is 9.55. The van der Waals surface area contributed by atoms with Gasteiger partial charge in [-0.1, -0.05) is 6.92 Å². The van der Waals surface area contributed by atoms with Crippen LogP contribution >= 0.6 is 0 Å². The summed E-state index contributed by atoms with van der Waals surface area (Å²) >= 11 is 0. The lowest BCUT2D eigenvalue weighted by atomic mass is 9.90. The molecule has 4 amide bonds. The van der Waals surface area contributed by atoms with E-state index in [1.807, 2.05) is 6.92 Å². The minimum atomic E-state index is -1.01. The van der Waals surface area contributed by atoms with Crippen LogP contribution < -0.4 is 16.8 Å². The molecule has 10 heteroatoms. The van der Waals surface area contributed by atoms with Gasteiger partial charge in [-0.15, -0.1) is 0 Å². The van der Waals surface area contributed by atoms with Gasteiger partial charge in [0.25, 0.3) is 5.91 Å². The van der Waals surface area contributed by atoms with E-state index in [-0.39, 0.29) is 24.8 Å². The number of hydrogen-bond acceptors (Lipinski definition) is 6. The number of quaternary nitrogens is 1. The molecule has 2 saturated heterocycles. The highest BCUT2D eigenvalue weighted by atomic mass is 16.2. The topological polar surface area (TPSA) is 161 Å². The second-order valence-electron chi connectivity index (χ2n) is 7.78. The van der Waals surface area contributed by atoms with Crippen molar-refractivity contribution in [2.45, 2.75) is 57.2 Å².